The molecular weight excluding hydrogens is 352 g/mol. The lowest BCUT2D eigenvalue weighted by atomic mass is 9.99. The minimum atomic E-state index is -0.989. The molecule has 1 aliphatic rings. The van der Waals surface area contributed by atoms with Gasteiger partial charge < -0.3 is 15.4 Å². The highest BCUT2D eigenvalue weighted by atomic mass is 16.5. The van der Waals surface area contributed by atoms with Gasteiger partial charge in [-0.05, 0) is 68.5 Å². The Morgan fingerprint density at radius 2 is 1.50 bits per heavy atom. The van der Waals surface area contributed by atoms with E-state index in [2.05, 4.69) is 24.5 Å². The summed E-state index contributed by atoms with van der Waals surface area (Å²) in [6, 6.07) is 14.9. The maximum Gasteiger partial charge on any atom is 0.240 e. The number of hydrogen-bond acceptors (Lipinski definition) is 3. The van der Waals surface area contributed by atoms with Gasteiger partial charge in [-0.25, -0.2) is 0 Å². The lowest BCUT2D eigenvalue weighted by Gasteiger charge is -2.18. The molecule has 0 radical (unpaired) electrons. The maximum atomic E-state index is 12.9. The number of ether oxygens (including phenoxy) is 1. The zero-order chi connectivity index (χ0) is 20.3. The average molecular weight is 380 g/mol. The Labute approximate surface area is 166 Å². The Balaban J connectivity index is 1.67. The predicted molar refractivity (Wildman–Crippen MR) is 112 cm³/mol. The van der Waals surface area contributed by atoms with Gasteiger partial charge in [0.2, 0.25) is 11.8 Å². The van der Waals surface area contributed by atoms with Crippen LogP contribution in [0.15, 0.2) is 48.5 Å². The number of amides is 2. The Hall–Kier alpha value is -2.82. The van der Waals surface area contributed by atoms with Crippen molar-refractivity contribution < 1.29 is 14.3 Å². The molecule has 0 heterocycles. The first-order valence-electron chi connectivity index (χ1n) is 9.80. The molecule has 148 valence electrons. The van der Waals surface area contributed by atoms with E-state index >= 15 is 0 Å². The lowest BCUT2D eigenvalue weighted by molar-refractivity contribution is -0.131. The summed E-state index contributed by atoms with van der Waals surface area (Å²) in [6.07, 6.45) is 1.21. The Morgan fingerprint density at radius 1 is 0.893 bits per heavy atom. The highest BCUT2D eigenvalue weighted by molar-refractivity contribution is 6.17. The van der Waals surface area contributed by atoms with Crippen LogP contribution in [0, 0.1) is 5.41 Å². The second kappa shape index (κ2) is 8.05. The van der Waals surface area contributed by atoms with Gasteiger partial charge in [0.25, 0.3) is 0 Å². The largest absolute Gasteiger partial charge is 0.491 e. The van der Waals surface area contributed by atoms with Gasteiger partial charge in [0, 0.05) is 11.4 Å². The van der Waals surface area contributed by atoms with E-state index in [1.807, 2.05) is 50.2 Å². The highest BCUT2D eigenvalue weighted by Gasteiger charge is 2.56. The van der Waals surface area contributed by atoms with Crippen molar-refractivity contribution in [2.24, 2.45) is 5.41 Å². The summed E-state index contributed by atoms with van der Waals surface area (Å²) in [5, 5.41) is 5.85. The van der Waals surface area contributed by atoms with Crippen molar-refractivity contribution in [3.05, 3.63) is 54.1 Å². The summed E-state index contributed by atoms with van der Waals surface area (Å²) < 4.78 is 5.61. The second-order valence-corrected chi connectivity index (χ2v) is 7.92. The molecule has 0 aliphatic heterocycles. The first kappa shape index (κ1) is 19.9. The molecule has 1 aliphatic carbocycles. The average Bonchev–Trinajstić information content (AvgIpc) is 3.45. The molecule has 0 spiro atoms. The van der Waals surface area contributed by atoms with Crippen LogP contribution in [-0.4, -0.2) is 17.9 Å². The quantitative estimate of drug-likeness (QED) is 0.668. The van der Waals surface area contributed by atoms with E-state index in [4.69, 9.17) is 4.74 Å². The topological polar surface area (TPSA) is 67.4 Å². The number of nitrogens with one attached hydrogen (secondary N) is 2. The number of anilines is 2. The van der Waals surface area contributed by atoms with Crippen LogP contribution in [0.2, 0.25) is 0 Å². The smallest absolute Gasteiger partial charge is 0.240 e. The molecule has 0 aromatic heterocycles. The third-order valence-electron chi connectivity index (χ3n) is 4.93. The molecule has 5 heteroatoms. The van der Waals surface area contributed by atoms with Gasteiger partial charge in [0.1, 0.15) is 11.2 Å². The Bertz CT molecular complexity index is 852. The SMILES string of the molecule is CC(C)Oc1ccc(NC(=O)C2(C(=O)Nc3ccccc3C(C)C)CC2)cc1. The van der Waals surface area contributed by atoms with E-state index in [1.54, 1.807) is 12.1 Å². The van der Waals surface area contributed by atoms with Crippen molar-refractivity contribution in [3.63, 3.8) is 0 Å². The Kier molecular flexibility index (Phi) is 5.73. The second-order valence-electron chi connectivity index (χ2n) is 7.92. The van der Waals surface area contributed by atoms with Gasteiger partial charge >= 0.3 is 0 Å². The summed E-state index contributed by atoms with van der Waals surface area (Å²) in [4.78, 5) is 25.7. The van der Waals surface area contributed by atoms with Crippen molar-refractivity contribution in [3.8, 4) is 5.75 Å². The van der Waals surface area contributed by atoms with E-state index in [9.17, 15) is 9.59 Å². The van der Waals surface area contributed by atoms with Crippen molar-refractivity contribution >= 4 is 23.2 Å². The van der Waals surface area contributed by atoms with Crippen LogP contribution in [0.5, 0.6) is 5.75 Å². The fourth-order valence-electron chi connectivity index (χ4n) is 3.18. The highest BCUT2D eigenvalue weighted by Crippen LogP contribution is 2.47. The first-order valence-corrected chi connectivity index (χ1v) is 9.80. The monoisotopic (exact) mass is 380 g/mol. The third-order valence-corrected chi connectivity index (χ3v) is 4.93. The molecule has 1 fully saturated rings. The van der Waals surface area contributed by atoms with Crippen LogP contribution in [0.1, 0.15) is 52.0 Å². The van der Waals surface area contributed by atoms with Gasteiger partial charge in [0.15, 0.2) is 0 Å². The summed E-state index contributed by atoms with van der Waals surface area (Å²) in [6.45, 7) is 8.08. The molecule has 0 unspecified atom stereocenters. The molecular formula is C23H28N2O3. The number of carbonyl (C=O) groups is 2. The third kappa shape index (κ3) is 4.35. The molecule has 2 N–H and O–H groups in total. The van der Waals surface area contributed by atoms with Crippen molar-refractivity contribution in [1.82, 2.24) is 0 Å². The van der Waals surface area contributed by atoms with Crippen LogP contribution < -0.4 is 15.4 Å². The van der Waals surface area contributed by atoms with Crippen LogP contribution >= 0.6 is 0 Å². The first-order chi connectivity index (χ1) is 13.3. The summed E-state index contributed by atoms with van der Waals surface area (Å²) >= 11 is 0. The Morgan fingerprint density at radius 3 is 2.07 bits per heavy atom. The molecule has 2 aromatic rings. The summed E-state index contributed by atoms with van der Waals surface area (Å²) in [7, 11) is 0. The number of carbonyl (C=O) groups excluding carboxylic acids is 2. The molecule has 0 atom stereocenters. The maximum absolute atomic E-state index is 12.9. The van der Waals surface area contributed by atoms with Gasteiger partial charge in [-0.3, -0.25) is 9.59 Å². The van der Waals surface area contributed by atoms with Gasteiger partial charge in [-0.1, -0.05) is 32.0 Å². The van der Waals surface area contributed by atoms with Gasteiger partial charge in [-0.2, -0.15) is 0 Å². The van der Waals surface area contributed by atoms with Crippen LogP contribution in [-0.2, 0) is 9.59 Å². The minimum absolute atomic E-state index is 0.0904. The number of rotatable bonds is 7. The molecule has 1 saturated carbocycles. The van der Waals surface area contributed by atoms with E-state index in [0.717, 1.165) is 17.0 Å². The van der Waals surface area contributed by atoms with Crippen molar-refractivity contribution in [2.75, 3.05) is 10.6 Å². The van der Waals surface area contributed by atoms with E-state index < -0.39 is 5.41 Å². The van der Waals surface area contributed by atoms with Crippen LogP contribution in [0.25, 0.3) is 0 Å². The van der Waals surface area contributed by atoms with Crippen molar-refractivity contribution in [1.29, 1.82) is 0 Å². The van der Waals surface area contributed by atoms with E-state index in [1.165, 1.54) is 0 Å². The van der Waals surface area contributed by atoms with E-state index in [-0.39, 0.29) is 23.8 Å². The molecule has 28 heavy (non-hydrogen) atoms. The molecule has 5 nitrogen and oxygen atoms in total. The molecule has 0 bridgehead atoms. The van der Waals surface area contributed by atoms with Crippen LogP contribution in [0.3, 0.4) is 0 Å². The number of hydrogen-bond donors (Lipinski definition) is 2. The standard InChI is InChI=1S/C23H28N2O3/c1-15(2)19-7-5-6-8-20(19)25-22(27)23(13-14-23)21(26)24-17-9-11-18(12-10-17)28-16(3)4/h5-12,15-16H,13-14H2,1-4H3,(H,24,26)(H,25,27). The summed E-state index contributed by atoms with van der Waals surface area (Å²) in [5.74, 6) is 0.534. The fraction of sp³-hybridized carbons (Fsp3) is 0.391. The number of para-hydroxylation sites is 1. The minimum Gasteiger partial charge on any atom is -0.491 e. The zero-order valence-electron chi connectivity index (χ0n) is 16.9. The molecule has 0 saturated heterocycles. The van der Waals surface area contributed by atoms with E-state index in [0.29, 0.717) is 18.5 Å². The number of benzene rings is 2. The van der Waals surface area contributed by atoms with Crippen LogP contribution in [0.4, 0.5) is 11.4 Å². The molecule has 3 rings (SSSR count). The normalized spacial score (nSPS) is 14.6. The molecule has 2 amide bonds. The molecule has 2 aromatic carbocycles. The predicted octanol–water partition coefficient (Wildman–Crippen LogP) is 4.95. The fourth-order valence-corrected chi connectivity index (χ4v) is 3.18. The lowest BCUT2D eigenvalue weighted by Crippen LogP contribution is -2.35. The summed E-state index contributed by atoms with van der Waals surface area (Å²) in [5.41, 5.74) is 1.50. The zero-order valence-corrected chi connectivity index (χ0v) is 16.9. The van der Waals surface area contributed by atoms with Crippen molar-refractivity contribution in [2.45, 2.75) is 52.6 Å². The van der Waals surface area contributed by atoms with Gasteiger partial charge in [-0.15, -0.1) is 0 Å². The van der Waals surface area contributed by atoms with Gasteiger partial charge in [0.05, 0.1) is 6.10 Å².